The van der Waals surface area contributed by atoms with E-state index in [1.807, 2.05) is 13.8 Å². The minimum atomic E-state index is -0.491. The fraction of sp³-hybridized carbons (Fsp3) is 0.474. The molecule has 1 aliphatic rings. The molecule has 1 atom stereocenters. The lowest BCUT2D eigenvalue weighted by Crippen LogP contribution is -2.23. The molecule has 1 aliphatic carbocycles. The number of carbonyl (C=O) groups excluding carboxylic acids is 2. The maximum absolute atomic E-state index is 12.5. The summed E-state index contributed by atoms with van der Waals surface area (Å²) in [5.74, 6) is 0.288. The molecule has 144 valence electrons. The molecule has 3 N–H and O–H groups in total. The molecule has 0 unspecified atom stereocenters. The highest BCUT2D eigenvalue weighted by Crippen LogP contribution is 2.33. The number of aromatic nitrogens is 3. The Morgan fingerprint density at radius 3 is 2.48 bits per heavy atom. The summed E-state index contributed by atoms with van der Waals surface area (Å²) in [5.41, 5.74) is 6.27. The van der Waals surface area contributed by atoms with Gasteiger partial charge in [0.1, 0.15) is 5.82 Å². The molecule has 0 bridgehead atoms. The third kappa shape index (κ3) is 4.68. The highest BCUT2D eigenvalue weighted by atomic mass is 32.2. The molecule has 0 saturated heterocycles. The Bertz CT molecular complexity index is 812. The lowest BCUT2D eigenvalue weighted by molar-refractivity contribution is -0.115. The van der Waals surface area contributed by atoms with Crippen molar-refractivity contribution in [1.29, 1.82) is 0 Å². The zero-order valence-electron chi connectivity index (χ0n) is 15.6. The van der Waals surface area contributed by atoms with E-state index in [9.17, 15) is 9.59 Å². The van der Waals surface area contributed by atoms with Gasteiger partial charge >= 0.3 is 0 Å². The number of amides is 2. The van der Waals surface area contributed by atoms with Crippen LogP contribution in [0.1, 0.15) is 61.3 Å². The lowest BCUT2D eigenvalue weighted by atomic mass is 9.95. The monoisotopic (exact) mass is 387 g/mol. The van der Waals surface area contributed by atoms with Crippen LogP contribution in [-0.4, -0.2) is 31.8 Å². The van der Waals surface area contributed by atoms with Gasteiger partial charge in [0, 0.05) is 17.3 Å². The van der Waals surface area contributed by atoms with Crippen molar-refractivity contribution >= 4 is 29.3 Å². The molecule has 27 heavy (non-hydrogen) atoms. The van der Waals surface area contributed by atoms with E-state index in [1.165, 1.54) is 31.0 Å². The minimum absolute atomic E-state index is 0.123. The van der Waals surface area contributed by atoms with Crippen molar-refractivity contribution in [2.24, 2.45) is 5.73 Å². The number of rotatable bonds is 6. The minimum Gasteiger partial charge on any atom is -0.366 e. The molecule has 1 heterocycles. The number of carbonyl (C=O) groups is 2. The van der Waals surface area contributed by atoms with Gasteiger partial charge in [0.15, 0.2) is 5.16 Å². The van der Waals surface area contributed by atoms with Crippen LogP contribution in [0, 0.1) is 6.92 Å². The van der Waals surface area contributed by atoms with E-state index in [0.29, 0.717) is 17.3 Å². The van der Waals surface area contributed by atoms with E-state index in [-0.39, 0.29) is 11.2 Å². The van der Waals surface area contributed by atoms with Crippen LogP contribution >= 0.6 is 11.8 Å². The molecule has 1 aromatic carbocycles. The Morgan fingerprint density at radius 2 is 1.85 bits per heavy atom. The second kappa shape index (κ2) is 8.56. The highest BCUT2D eigenvalue weighted by Gasteiger charge is 2.24. The highest BCUT2D eigenvalue weighted by molar-refractivity contribution is 8.00. The molecule has 1 saturated carbocycles. The van der Waals surface area contributed by atoms with Crippen molar-refractivity contribution in [3.63, 3.8) is 0 Å². The molecule has 2 aromatic rings. The summed E-state index contributed by atoms with van der Waals surface area (Å²) in [6, 6.07) is 6.96. The van der Waals surface area contributed by atoms with Crippen LogP contribution in [-0.2, 0) is 4.79 Å². The van der Waals surface area contributed by atoms with E-state index >= 15 is 0 Å². The van der Waals surface area contributed by atoms with Gasteiger partial charge in [0.25, 0.3) is 0 Å². The normalized spacial score (nSPS) is 16.1. The molecule has 8 heteroatoms. The van der Waals surface area contributed by atoms with Gasteiger partial charge in [-0.25, -0.2) is 0 Å². The van der Waals surface area contributed by atoms with Crippen molar-refractivity contribution < 1.29 is 9.59 Å². The van der Waals surface area contributed by atoms with Crippen LogP contribution < -0.4 is 11.1 Å². The van der Waals surface area contributed by atoms with Gasteiger partial charge in [-0.2, -0.15) is 0 Å². The summed E-state index contributed by atoms with van der Waals surface area (Å²) in [7, 11) is 0. The molecule has 0 aliphatic heterocycles. The molecule has 2 amide bonds. The maximum atomic E-state index is 12.5. The maximum Gasteiger partial charge on any atom is 0.248 e. The predicted molar refractivity (Wildman–Crippen MR) is 106 cm³/mol. The first-order valence-corrected chi connectivity index (χ1v) is 10.1. The molecule has 0 radical (unpaired) electrons. The summed E-state index contributed by atoms with van der Waals surface area (Å²) in [5, 5.41) is 11.9. The van der Waals surface area contributed by atoms with E-state index in [0.717, 1.165) is 23.8 Å². The molecule has 1 aromatic heterocycles. The van der Waals surface area contributed by atoms with Gasteiger partial charge in [-0.3, -0.25) is 9.59 Å². The number of nitrogens with one attached hydrogen (secondary N) is 1. The number of aryl methyl sites for hydroxylation is 1. The second-order valence-corrected chi connectivity index (χ2v) is 8.19. The van der Waals surface area contributed by atoms with Gasteiger partial charge < -0.3 is 15.6 Å². The molecular weight excluding hydrogens is 362 g/mol. The standard InChI is InChI=1S/C19H25N5O2S/c1-12(18(26)21-15-10-8-14(9-11-15)17(20)25)27-19-23-22-13(2)24(19)16-6-4-3-5-7-16/h8-12,16H,3-7H2,1-2H3,(H2,20,25)(H,21,26)/t12-/m1/s1. The first-order chi connectivity index (χ1) is 13.0. The second-order valence-electron chi connectivity index (χ2n) is 6.88. The van der Waals surface area contributed by atoms with E-state index in [4.69, 9.17) is 5.73 Å². The number of hydrogen-bond donors (Lipinski definition) is 2. The van der Waals surface area contributed by atoms with Crippen LogP contribution in [0.2, 0.25) is 0 Å². The van der Waals surface area contributed by atoms with Crippen molar-refractivity contribution in [2.45, 2.75) is 62.4 Å². The lowest BCUT2D eigenvalue weighted by Gasteiger charge is -2.25. The van der Waals surface area contributed by atoms with E-state index in [2.05, 4.69) is 20.1 Å². The quantitative estimate of drug-likeness (QED) is 0.740. The van der Waals surface area contributed by atoms with Gasteiger partial charge in [-0.15, -0.1) is 10.2 Å². The Morgan fingerprint density at radius 1 is 1.19 bits per heavy atom. The van der Waals surface area contributed by atoms with Gasteiger partial charge in [0.05, 0.1) is 5.25 Å². The molecular formula is C19H25N5O2S. The molecule has 1 fully saturated rings. The zero-order valence-corrected chi connectivity index (χ0v) is 16.5. The Hall–Kier alpha value is -2.35. The van der Waals surface area contributed by atoms with Crippen molar-refractivity contribution in [3.8, 4) is 0 Å². The predicted octanol–water partition coefficient (Wildman–Crippen LogP) is 3.31. The SMILES string of the molecule is Cc1nnc(S[C@H](C)C(=O)Nc2ccc(C(N)=O)cc2)n1C1CCCCC1. The summed E-state index contributed by atoms with van der Waals surface area (Å²) >= 11 is 1.42. The Balaban J connectivity index is 1.65. The van der Waals surface area contributed by atoms with E-state index in [1.54, 1.807) is 24.3 Å². The summed E-state index contributed by atoms with van der Waals surface area (Å²) < 4.78 is 2.19. The summed E-state index contributed by atoms with van der Waals surface area (Å²) in [6.45, 7) is 3.82. The molecule has 0 spiro atoms. The number of benzene rings is 1. The largest absolute Gasteiger partial charge is 0.366 e. The number of nitrogens with two attached hydrogens (primary N) is 1. The number of thioether (sulfide) groups is 1. The third-order valence-electron chi connectivity index (χ3n) is 4.86. The fourth-order valence-electron chi connectivity index (χ4n) is 3.36. The van der Waals surface area contributed by atoms with Gasteiger partial charge in [0.2, 0.25) is 11.8 Å². The van der Waals surface area contributed by atoms with Crippen LogP contribution in [0.4, 0.5) is 5.69 Å². The smallest absolute Gasteiger partial charge is 0.248 e. The van der Waals surface area contributed by atoms with Gasteiger partial charge in [-0.05, 0) is 51.0 Å². The van der Waals surface area contributed by atoms with Crippen molar-refractivity contribution in [2.75, 3.05) is 5.32 Å². The van der Waals surface area contributed by atoms with Gasteiger partial charge in [-0.1, -0.05) is 31.0 Å². The first-order valence-electron chi connectivity index (χ1n) is 9.24. The van der Waals surface area contributed by atoms with Crippen LogP contribution in [0.15, 0.2) is 29.4 Å². The number of primary amides is 1. The Kier molecular flexibility index (Phi) is 6.15. The number of hydrogen-bond acceptors (Lipinski definition) is 5. The fourth-order valence-corrected chi connectivity index (χ4v) is 4.33. The third-order valence-corrected chi connectivity index (χ3v) is 5.92. The Labute approximate surface area is 163 Å². The molecule has 7 nitrogen and oxygen atoms in total. The summed E-state index contributed by atoms with van der Waals surface area (Å²) in [4.78, 5) is 23.7. The summed E-state index contributed by atoms with van der Waals surface area (Å²) in [6.07, 6.45) is 6.01. The van der Waals surface area contributed by atoms with Crippen molar-refractivity contribution in [3.05, 3.63) is 35.7 Å². The van der Waals surface area contributed by atoms with Crippen LogP contribution in [0.3, 0.4) is 0 Å². The molecule has 3 rings (SSSR count). The first kappa shape index (κ1) is 19.4. The van der Waals surface area contributed by atoms with E-state index < -0.39 is 5.91 Å². The zero-order chi connectivity index (χ0) is 19.4. The van der Waals surface area contributed by atoms with Crippen molar-refractivity contribution in [1.82, 2.24) is 14.8 Å². The topological polar surface area (TPSA) is 103 Å². The number of nitrogens with zero attached hydrogens (tertiary/aromatic N) is 3. The average molecular weight is 388 g/mol. The van der Waals surface area contributed by atoms with Crippen LogP contribution in [0.25, 0.3) is 0 Å². The van der Waals surface area contributed by atoms with Crippen LogP contribution in [0.5, 0.6) is 0 Å². The number of anilines is 1. The average Bonchev–Trinajstić information content (AvgIpc) is 3.03.